The van der Waals surface area contributed by atoms with E-state index >= 15 is 0 Å². The molecule has 3 saturated carbocycles. The fourth-order valence-electron chi connectivity index (χ4n) is 5.54. The van der Waals surface area contributed by atoms with Crippen LogP contribution in [0.5, 0.6) is 0 Å². The van der Waals surface area contributed by atoms with Gasteiger partial charge in [0.1, 0.15) is 6.29 Å². The molecule has 34 heavy (non-hydrogen) atoms. The SMILES string of the molecule is C1CCC1.C=CC(c1ccc(Nc2ccccc2)cc1)C(C)CC.CC1C2CCC(C2)C1C=O. The van der Waals surface area contributed by atoms with Crippen LogP contribution in [-0.4, -0.2) is 6.29 Å². The van der Waals surface area contributed by atoms with Crippen LogP contribution in [0.1, 0.15) is 83.6 Å². The van der Waals surface area contributed by atoms with Crippen molar-refractivity contribution in [2.45, 2.75) is 78.1 Å². The summed E-state index contributed by atoms with van der Waals surface area (Å²) in [7, 11) is 0. The summed E-state index contributed by atoms with van der Waals surface area (Å²) >= 11 is 0. The molecule has 2 heteroatoms. The van der Waals surface area contributed by atoms with Crippen molar-refractivity contribution in [3.63, 3.8) is 0 Å². The molecule has 0 aromatic heterocycles. The number of fused-ring (bicyclic) bond motifs is 2. The number of rotatable bonds is 7. The summed E-state index contributed by atoms with van der Waals surface area (Å²) in [6.07, 6.45) is 14.5. The van der Waals surface area contributed by atoms with E-state index in [1.54, 1.807) is 0 Å². The summed E-state index contributed by atoms with van der Waals surface area (Å²) in [5.41, 5.74) is 3.57. The third-order valence-electron chi connectivity index (χ3n) is 8.43. The standard InChI is InChI=1S/C19H23N.C9H14O.C4H8/c1-4-15(3)19(5-2)16-11-13-18(14-12-16)20-17-9-7-6-8-10-17;1-6-7-2-3-8(4-7)9(6)5-10;1-2-4-3-1/h5-15,19-20H,2,4H2,1,3H3;5-9H,2-4H2,1H3;1-4H2. The molecule has 184 valence electrons. The Morgan fingerprint density at radius 3 is 1.97 bits per heavy atom. The zero-order valence-corrected chi connectivity index (χ0v) is 21.6. The van der Waals surface area contributed by atoms with Crippen molar-refractivity contribution in [2.24, 2.45) is 29.6 Å². The van der Waals surface area contributed by atoms with Gasteiger partial charge in [0, 0.05) is 23.2 Å². The first-order valence-electron chi connectivity index (χ1n) is 13.6. The molecule has 3 aliphatic rings. The lowest BCUT2D eigenvalue weighted by atomic mass is 9.81. The van der Waals surface area contributed by atoms with Crippen LogP contribution in [0.2, 0.25) is 0 Å². The van der Waals surface area contributed by atoms with E-state index < -0.39 is 0 Å². The number of para-hydroxylation sites is 1. The molecule has 2 aromatic carbocycles. The van der Waals surface area contributed by atoms with Crippen molar-refractivity contribution in [3.05, 3.63) is 72.8 Å². The van der Waals surface area contributed by atoms with E-state index in [1.807, 2.05) is 18.2 Å². The second kappa shape index (κ2) is 13.5. The van der Waals surface area contributed by atoms with Crippen molar-refractivity contribution in [1.29, 1.82) is 0 Å². The van der Waals surface area contributed by atoms with E-state index in [1.165, 1.54) is 63.2 Å². The Balaban J connectivity index is 0.000000188. The van der Waals surface area contributed by atoms with Crippen molar-refractivity contribution in [1.82, 2.24) is 0 Å². The highest BCUT2D eigenvalue weighted by Crippen LogP contribution is 2.51. The highest BCUT2D eigenvalue weighted by Gasteiger charge is 2.44. The molecule has 0 heterocycles. The van der Waals surface area contributed by atoms with Gasteiger partial charge < -0.3 is 10.1 Å². The molecular weight excluding hydrogens is 414 g/mol. The minimum Gasteiger partial charge on any atom is -0.356 e. The van der Waals surface area contributed by atoms with Crippen LogP contribution >= 0.6 is 0 Å². The number of nitrogens with one attached hydrogen (secondary N) is 1. The van der Waals surface area contributed by atoms with Gasteiger partial charge >= 0.3 is 0 Å². The van der Waals surface area contributed by atoms with Crippen molar-refractivity contribution < 1.29 is 4.79 Å². The lowest BCUT2D eigenvalue weighted by Crippen LogP contribution is -2.20. The molecule has 6 unspecified atom stereocenters. The van der Waals surface area contributed by atoms with Gasteiger partial charge in [-0.05, 0) is 72.8 Å². The maximum Gasteiger partial charge on any atom is 0.123 e. The Labute approximate surface area is 208 Å². The second-order valence-corrected chi connectivity index (χ2v) is 10.6. The van der Waals surface area contributed by atoms with Crippen LogP contribution in [0.4, 0.5) is 11.4 Å². The van der Waals surface area contributed by atoms with E-state index in [9.17, 15) is 4.79 Å². The Morgan fingerprint density at radius 2 is 1.53 bits per heavy atom. The zero-order chi connectivity index (χ0) is 24.3. The number of aldehydes is 1. The van der Waals surface area contributed by atoms with Gasteiger partial charge in [-0.1, -0.05) is 89.3 Å². The highest BCUT2D eigenvalue weighted by molar-refractivity contribution is 5.59. The topological polar surface area (TPSA) is 29.1 Å². The van der Waals surface area contributed by atoms with Crippen LogP contribution in [-0.2, 0) is 4.79 Å². The molecule has 3 fully saturated rings. The number of anilines is 2. The highest BCUT2D eigenvalue weighted by atomic mass is 16.1. The van der Waals surface area contributed by atoms with Gasteiger partial charge in [0.15, 0.2) is 0 Å². The Bertz CT molecular complexity index is 848. The van der Waals surface area contributed by atoms with Crippen LogP contribution in [0, 0.1) is 29.6 Å². The summed E-state index contributed by atoms with van der Waals surface area (Å²) in [4.78, 5) is 10.6. The molecule has 0 aliphatic heterocycles. The average molecular weight is 460 g/mol. The molecule has 6 atom stereocenters. The van der Waals surface area contributed by atoms with E-state index in [0.29, 0.717) is 23.7 Å². The fraction of sp³-hybridized carbons (Fsp3) is 0.531. The van der Waals surface area contributed by atoms with Crippen LogP contribution < -0.4 is 5.32 Å². The minimum absolute atomic E-state index is 0.416. The minimum atomic E-state index is 0.416. The number of allylic oxidation sites excluding steroid dienone is 1. The lowest BCUT2D eigenvalue weighted by Gasteiger charge is -2.22. The molecule has 2 bridgehead atoms. The molecule has 2 aromatic rings. The van der Waals surface area contributed by atoms with Crippen LogP contribution in [0.25, 0.3) is 0 Å². The second-order valence-electron chi connectivity index (χ2n) is 10.6. The number of hydrogen-bond donors (Lipinski definition) is 1. The maximum atomic E-state index is 10.6. The summed E-state index contributed by atoms with van der Waals surface area (Å²) in [5.74, 6) is 3.82. The van der Waals surface area contributed by atoms with Crippen molar-refractivity contribution in [2.75, 3.05) is 5.32 Å². The molecule has 1 N–H and O–H groups in total. The molecule has 0 amide bonds. The lowest BCUT2D eigenvalue weighted by molar-refractivity contribution is -0.113. The number of carbonyl (C=O) groups is 1. The third-order valence-corrected chi connectivity index (χ3v) is 8.43. The first-order valence-corrected chi connectivity index (χ1v) is 13.6. The quantitative estimate of drug-likeness (QED) is 0.330. The van der Waals surface area contributed by atoms with Crippen LogP contribution in [0.3, 0.4) is 0 Å². The molecule has 3 aliphatic carbocycles. The monoisotopic (exact) mass is 459 g/mol. The van der Waals surface area contributed by atoms with E-state index in [-0.39, 0.29) is 0 Å². The van der Waals surface area contributed by atoms with Gasteiger partial charge in [0.05, 0.1) is 0 Å². The van der Waals surface area contributed by atoms with E-state index in [4.69, 9.17) is 0 Å². The molecule has 0 spiro atoms. The normalized spacial score (nSPS) is 26.0. The summed E-state index contributed by atoms with van der Waals surface area (Å²) < 4.78 is 0. The molecule has 2 nitrogen and oxygen atoms in total. The molecular formula is C32H45NO. The smallest absolute Gasteiger partial charge is 0.123 e. The van der Waals surface area contributed by atoms with E-state index in [2.05, 4.69) is 75.1 Å². The largest absolute Gasteiger partial charge is 0.356 e. The van der Waals surface area contributed by atoms with E-state index in [0.717, 1.165) is 23.2 Å². The molecule has 0 radical (unpaired) electrons. The van der Waals surface area contributed by atoms with Crippen molar-refractivity contribution in [3.8, 4) is 0 Å². The third kappa shape index (κ3) is 7.08. The number of hydrogen-bond acceptors (Lipinski definition) is 2. The number of benzene rings is 2. The van der Waals surface area contributed by atoms with Crippen LogP contribution in [0.15, 0.2) is 67.3 Å². The average Bonchev–Trinajstić information content (AvgIpc) is 3.42. The summed E-state index contributed by atoms with van der Waals surface area (Å²) in [6, 6.07) is 18.9. The zero-order valence-electron chi connectivity index (χ0n) is 21.6. The molecule has 0 saturated heterocycles. The first kappa shape index (κ1) is 26.3. The van der Waals surface area contributed by atoms with Gasteiger partial charge in [-0.3, -0.25) is 0 Å². The van der Waals surface area contributed by atoms with Gasteiger partial charge in [-0.25, -0.2) is 0 Å². The van der Waals surface area contributed by atoms with Gasteiger partial charge in [-0.2, -0.15) is 0 Å². The Kier molecular flexibility index (Phi) is 10.4. The predicted molar refractivity (Wildman–Crippen MR) is 147 cm³/mol. The maximum absolute atomic E-state index is 10.6. The summed E-state index contributed by atoms with van der Waals surface area (Å²) in [5, 5.41) is 3.41. The first-order chi connectivity index (χ1) is 16.6. The summed E-state index contributed by atoms with van der Waals surface area (Å²) in [6.45, 7) is 10.7. The van der Waals surface area contributed by atoms with Gasteiger partial charge in [0.25, 0.3) is 0 Å². The predicted octanol–water partition coefficient (Wildman–Crippen LogP) is 9.17. The Morgan fingerprint density at radius 1 is 0.941 bits per heavy atom. The van der Waals surface area contributed by atoms with Crippen molar-refractivity contribution >= 4 is 17.7 Å². The van der Waals surface area contributed by atoms with Gasteiger partial charge in [0.2, 0.25) is 0 Å². The number of carbonyl (C=O) groups excluding carboxylic acids is 1. The fourth-order valence-corrected chi connectivity index (χ4v) is 5.54. The molecule has 5 rings (SSSR count). The Hall–Kier alpha value is -2.35. The van der Waals surface area contributed by atoms with Gasteiger partial charge in [-0.15, -0.1) is 6.58 Å².